The average Bonchev–Trinajstić information content (AvgIpc) is 2.46. The predicted octanol–water partition coefficient (Wildman–Crippen LogP) is 2.94. The minimum atomic E-state index is 0.158. The third kappa shape index (κ3) is 4.53. The second kappa shape index (κ2) is 7.92. The Kier molecular flexibility index (Phi) is 6.22. The number of nitrogens with one attached hydrogen (secondary N) is 1. The van der Waals surface area contributed by atoms with E-state index in [9.17, 15) is 0 Å². The molecule has 1 heterocycles. The molecule has 0 spiro atoms. The lowest BCUT2D eigenvalue weighted by molar-refractivity contribution is -0.101. The van der Waals surface area contributed by atoms with Gasteiger partial charge in [-0.1, -0.05) is 24.6 Å². The van der Waals surface area contributed by atoms with Gasteiger partial charge in [0.2, 0.25) is 0 Å². The fourth-order valence-electron chi connectivity index (χ4n) is 3.15. The summed E-state index contributed by atoms with van der Waals surface area (Å²) in [4.78, 5) is 0. The summed E-state index contributed by atoms with van der Waals surface area (Å²) in [7, 11) is 0. The van der Waals surface area contributed by atoms with E-state index in [1.165, 1.54) is 22.3 Å². The van der Waals surface area contributed by atoms with Gasteiger partial charge in [-0.25, -0.2) is 0 Å². The van der Waals surface area contributed by atoms with E-state index in [-0.39, 0.29) is 6.10 Å². The van der Waals surface area contributed by atoms with E-state index in [0.29, 0.717) is 19.3 Å². The molecule has 0 radical (unpaired) electrons. The van der Waals surface area contributed by atoms with Crippen molar-refractivity contribution < 1.29 is 9.47 Å². The SMILES string of the molecule is CCCNC(Cc1c(C)cc(C)cc1C)C1COCCO1. The van der Waals surface area contributed by atoms with E-state index in [2.05, 4.69) is 45.1 Å². The van der Waals surface area contributed by atoms with Crippen molar-refractivity contribution in [1.82, 2.24) is 5.32 Å². The standard InChI is InChI=1S/C18H29NO2/c1-5-6-19-17(18-12-20-7-8-21-18)11-16-14(3)9-13(2)10-15(16)4/h9-10,17-19H,5-8,11-12H2,1-4H3. The maximum atomic E-state index is 5.93. The fourth-order valence-corrected chi connectivity index (χ4v) is 3.15. The number of rotatable bonds is 6. The molecule has 3 heteroatoms. The first kappa shape index (κ1) is 16.5. The van der Waals surface area contributed by atoms with Crippen molar-refractivity contribution in [3.63, 3.8) is 0 Å². The van der Waals surface area contributed by atoms with Crippen molar-refractivity contribution in [3.05, 3.63) is 34.4 Å². The zero-order chi connectivity index (χ0) is 15.2. The molecule has 1 aromatic carbocycles. The Bertz CT molecular complexity index is 430. The van der Waals surface area contributed by atoms with E-state index in [1.54, 1.807) is 0 Å². The van der Waals surface area contributed by atoms with Crippen LogP contribution in [0.15, 0.2) is 12.1 Å². The average molecular weight is 291 g/mol. The Hall–Kier alpha value is -0.900. The summed E-state index contributed by atoms with van der Waals surface area (Å²) in [5, 5.41) is 3.65. The molecule has 2 rings (SSSR count). The van der Waals surface area contributed by atoms with Crippen LogP contribution in [0, 0.1) is 20.8 Å². The largest absolute Gasteiger partial charge is 0.376 e. The molecule has 1 aliphatic heterocycles. The fraction of sp³-hybridized carbons (Fsp3) is 0.667. The van der Waals surface area contributed by atoms with Crippen molar-refractivity contribution in [1.29, 1.82) is 0 Å². The van der Waals surface area contributed by atoms with Crippen LogP contribution in [0.2, 0.25) is 0 Å². The van der Waals surface area contributed by atoms with Crippen molar-refractivity contribution >= 4 is 0 Å². The highest BCUT2D eigenvalue weighted by molar-refractivity contribution is 5.38. The molecule has 3 nitrogen and oxygen atoms in total. The first-order valence-electron chi connectivity index (χ1n) is 8.11. The van der Waals surface area contributed by atoms with Crippen LogP contribution in [0.4, 0.5) is 0 Å². The molecule has 1 aromatic rings. The molecular formula is C18H29NO2. The molecule has 0 aliphatic carbocycles. The number of hydrogen-bond donors (Lipinski definition) is 1. The van der Waals surface area contributed by atoms with Crippen LogP contribution in [0.25, 0.3) is 0 Å². The number of hydrogen-bond acceptors (Lipinski definition) is 3. The maximum absolute atomic E-state index is 5.93. The summed E-state index contributed by atoms with van der Waals surface area (Å²) in [6.07, 6.45) is 2.30. The van der Waals surface area contributed by atoms with Crippen molar-refractivity contribution in [2.45, 2.75) is 52.7 Å². The van der Waals surface area contributed by atoms with Gasteiger partial charge in [0.05, 0.1) is 25.9 Å². The summed E-state index contributed by atoms with van der Waals surface area (Å²) in [5.74, 6) is 0. The van der Waals surface area contributed by atoms with Crippen molar-refractivity contribution in [2.24, 2.45) is 0 Å². The van der Waals surface area contributed by atoms with E-state index in [0.717, 1.165) is 26.0 Å². The van der Waals surface area contributed by atoms with E-state index < -0.39 is 0 Å². The van der Waals surface area contributed by atoms with Crippen LogP contribution in [-0.2, 0) is 15.9 Å². The monoisotopic (exact) mass is 291 g/mol. The van der Waals surface area contributed by atoms with Crippen LogP contribution in [0.5, 0.6) is 0 Å². The molecular weight excluding hydrogens is 262 g/mol. The zero-order valence-electron chi connectivity index (χ0n) is 13.9. The van der Waals surface area contributed by atoms with Crippen LogP contribution < -0.4 is 5.32 Å². The van der Waals surface area contributed by atoms with Crippen LogP contribution in [0.3, 0.4) is 0 Å². The zero-order valence-corrected chi connectivity index (χ0v) is 13.9. The number of benzene rings is 1. The van der Waals surface area contributed by atoms with Gasteiger partial charge in [-0.2, -0.15) is 0 Å². The smallest absolute Gasteiger partial charge is 0.0965 e. The maximum Gasteiger partial charge on any atom is 0.0965 e. The lowest BCUT2D eigenvalue weighted by Gasteiger charge is -2.32. The third-order valence-electron chi connectivity index (χ3n) is 4.21. The molecule has 1 saturated heterocycles. The van der Waals surface area contributed by atoms with E-state index in [1.807, 2.05) is 0 Å². The van der Waals surface area contributed by atoms with Crippen LogP contribution in [0.1, 0.15) is 35.6 Å². The lowest BCUT2D eigenvalue weighted by Crippen LogP contribution is -2.48. The Morgan fingerprint density at radius 2 is 1.90 bits per heavy atom. The second-order valence-corrected chi connectivity index (χ2v) is 6.13. The molecule has 2 atom stereocenters. The number of ether oxygens (including phenoxy) is 2. The Morgan fingerprint density at radius 1 is 1.19 bits per heavy atom. The van der Waals surface area contributed by atoms with Gasteiger partial charge < -0.3 is 14.8 Å². The molecule has 0 amide bonds. The highest BCUT2D eigenvalue weighted by Crippen LogP contribution is 2.20. The summed E-state index contributed by atoms with van der Waals surface area (Å²) in [6, 6.07) is 4.87. The van der Waals surface area contributed by atoms with Crippen molar-refractivity contribution in [3.8, 4) is 0 Å². The summed E-state index contributed by atoms with van der Waals surface area (Å²) < 4.78 is 11.5. The van der Waals surface area contributed by atoms with Crippen LogP contribution in [-0.4, -0.2) is 38.5 Å². The van der Waals surface area contributed by atoms with Gasteiger partial charge in [-0.05, 0) is 56.8 Å². The molecule has 0 saturated carbocycles. The molecule has 118 valence electrons. The van der Waals surface area contributed by atoms with Gasteiger partial charge in [-0.3, -0.25) is 0 Å². The van der Waals surface area contributed by atoms with Gasteiger partial charge >= 0.3 is 0 Å². The highest BCUT2D eigenvalue weighted by atomic mass is 16.6. The Balaban J connectivity index is 2.13. The van der Waals surface area contributed by atoms with Gasteiger partial charge in [0, 0.05) is 6.04 Å². The summed E-state index contributed by atoms with van der Waals surface area (Å²) in [6.45, 7) is 11.9. The molecule has 2 unspecified atom stereocenters. The van der Waals surface area contributed by atoms with Gasteiger partial charge in [0.15, 0.2) is 0 Å². The lowest BCUT2D eigenvalue weighted by atomic mass is 9.92. The van der Waals surface area contributed by atoms with Gasteiger partial charge in [0.25, 0.3) is 0 Å². The van der Waals surface area contributed by atoms with E-state index >= 15 is 0 Å². The normalized spacial score (nSPS) is 20.5. The van der Waals surface area contributed by atoms with Gasteiger partial charge in [-0.15, -0.1) is 0 Å². The van der Waals surface area contributed by atoms with Crippen LogP contribution >= 0.6 is 0 Å². The minimum absolute atomic E-state index is 0.158. The summed E-state index contributed by atoms with van der Waals surface area (Å²) in [5.41, 5.74) is 5.55. The van der Waals surface area contributed by atoms with E-state index in [4.69, 9.17) is 9.47 Å². The topological polar surface area (TPSA) is 30.5 Å². The number of aryl methyl sites for hydroxylation is 3. The predicted molar refractivity (Wildman–Crippen MR) is 87.0 cm³/mol. The third-order valence-corrected chi connectivity index (χ3v) is 4.21. The molecule has 1 fully saturated rings. The molecule has 1 N–H and O–H groups in total. The highest BCUT2D eigenvalue weighted by Gasteiger charge is 2.25. The second-order valence-electron chi connectivity index (χ2n) is 6.13. The summed E-state index contributed by atoms with van der Waals surface area (Å²) >= 11 is 0. The molecule has 0 bridgehead atoms. The minimum Gasteiger partial charge on any atom is -0.376 e. The quantitative estimate of drug-likeness (QED) is 0.874. The molecule has 0 aromatic heterocycles. The molecule has 1 aliphatic rings. The Morgan fingerprint density at radius 3 is 2.48 bits per heavy atom. The first-order chi connectivity index (χ1) is 10.1. The molecule has 21 heavy (non-hydrogen) atoms. The Labute approximate surface area is 129 Å². The van der Waals surface area contributed by atoms with Gasteiger partial charge in [0.1, 0.15) is 0 Å². The van der Waals surface area contributed by atoms with Crippen molar-refractivity contribution in [2.75, 3.05) is 26.4 Å². The first-order valence-corrected chi connectivity index (χ1v) is 8.11.